The number of amides is 2. The maximum Gasteiger partial charge on any atom is 0.437 e. The van der Waals surface area contributed by atoms with Gasteiger partial charge in [0.05, 0.1) is 17.6 Å². The van der Waals surface area contributed by atoms with Crippen LogP contribution < -0.4 is 15.7 Å². The minimum atomic E-state index is -5.52. The second-order valence-electron chi connectivity index (χ2n) is 5.55. The first kappa shape index (κ1) is 20.2. The zero-order chi connectivity index (χ0) is 20.6. The van der Waals surface area contributed by atoms with Crippen molar-refractivity contribution >= 4 is 17.7 Å². The van der Waals surface area contributed by atoms with E-state index in [-0.39, 0.29) is 6.61 Å². The van der Waals surface area contributed by atoms with Crippen molar-refractivity contribution in [2.45, 2.75) is 24.9 Å². The van der Waals surface area contributed by atoms with Crippen LogP contribution in [-0.4, -0.2) is 40.5 Å². The van der Waals surface area contributed by atoms with Gasteiger partial charge in [-0.25, -0.2) is 4.79 Å². The molecule has 1 saturated heterocycles. The van der Waals surface area contributed by atoms with E-state index in [2.05, 4.69) is 4.74 Å². The van der Waals surface area contributed by atoms with Crippen molar-refractivity contribution in [3.63, 3.8) is 0 Å². The lowest BCUT2D eigenvalue weighted by Gasteiger charge is -2.44. The van der Waals surface area contributed by atoms with Crippen molar-refractivity contribution in [2.24, 2.45) is 5.92 Å². The number of halogens is 3. The molecule has 3 N–H and O–H groups in total. The molecule has 148 valence electrons. The van der Waals surface area contributed by atoms with Crippen LogP contribution in [-0.2, 0) is 9.53 Å². The van der Waals surface area contributed by atoms with E-state index in [0.29, 0.717) is 12.1 Å². The summed E-state index contributed by atoms with van der Waals surface area (Å²) in [6.45, 7) is 0.934. The number of hydrogen-bond acceptors (Lipinski definition) is 7. The fourth-order valence-corrected chi connectivity index (χ4v) is 2.69. The maximum atomic E-state index is 13.5. The molecule has 0 aliphatic carbocycles. The second-order valence-corrected chi connectivity index (χ2v) is 5.55. The van der Waals surface area contributed by atoms with Gasteiger partial charge in [-0.1, -0.05) is 6.07 Å². The Labute approximate surface area is 149 Å². The fraction of sp³-hybridized carbons (Fsp3) is 0.429. The molecule has 0 aromatic heterocycles. The number of nitro benzene ring substituents is 1. The number of non-ortho nitro benzene ring substituents is 1. The molecule has 0 unspecified atom stereocenters. The molecule has 0 saturated carbocycles. The van der Waals surface area contributed by atoms with Gasteiger partial charge in [0.1, 0.15) is 5.92 Å². The highest BCUT2D eigenvalue weighted by molar-refractivity contribution is 5.83. The SMILES string of the molecule is CCOC(=O)[C@@H]1[C@H](c2cc([N+](=O)[O-])ccc2[O-])NC(=O)N[C@]1(O)C(F)(F)F. The summed E-state index contributed by atoms with van der Waals surface area (Å²) in [6, 6.07) is -1.43. The van der Waals surface area contributed by atoms with Gasteiger partial charge in [0.25, 0.3) is 11.4 Å². The number of benzene rings is 1. The van der Waals surface area contributed by atoms with Gasteiger partial charge in [-0.15, -0.1) is 5.75 Å². The molecule has 1 aliphatic heterocycles. The van der Waals surface area contributed by atoms with Crippen molar-refractivity contribution < 1.29 is 42.6 Å². The lowest BCUT2D eigenvalue weighted by atomic mass is 9.81. The Balaban J connectivity index is 2.68. The van der Waals surface area contributed by atoms with Crippen LogP contribution in [0.25, 0.3) is 0 Å². The molecule has 1 fully saturated rings. The molecule has 0 spiro atoms. The van der Waals surface area contributed by atoms with Crippen LogP contribution >= 0.6 is 0 Å². The summed E-state index contributed by atoms with van der Waals surface area (Å²) in [5, 5.41) is 36.2. The van der Waals surface area contributed by atoms with E-state index in [4.69, 9.17) is 0 Å². The van der Waals surface area contributed by atoms with Gasteiger partial charge in [0, 0.05) is 12.1 Å². The highest BCUT2D eigenvalue weighted by atomic mass is 19.4. The van der Waals surface area contributed by atoms with E-state index in [9.17, 15) is 43.1 Å². The van der Waals surface area contributed by atoms with Crippen LogP contribution in [0, 0.1) is 16.0 Å². The number of esters is 1. The number of aliphatic hydroxyl groups is 1. The summed E-state index contributed by atoms with van der Waals surface area (Å²) in [7, 11) is 0. The van der Waals surface area contributed by atoms with Crippen LogP contribution in [0.4, 0.5) is 23.7 Å². The molecular formula is C14H13F3N3O7-. The molecule has 1 heterocycles. The Morgan fingerprint density at radius 1 is 1.44 bits per heavy atom. The minimum absolute atomic E-state index is 0.358. The summed E-state index contributed by atoms with van der Waals surface area (Å²) in [5.74, 6) is -5.09. The highest BCUT2D eigenvalue weighted by Crippen LogP contribution is 2.44. The Hall–Kier alpha value is -3.09. The van der Waals surface area contributed by atoms with Crippen LogP contribution in [0.15, 0.2) is 18.2 Å². The first-order valence-corrected chi connectivity index (χ1v) is 7.42. The molecule has 2 rings (SSSR count). The predicted molar refractivity (Wildman–Crippen MR) is 78.1 cm³/mol. The number of hydrogen-bond donors (Lipinski definition) is 3. The van der Waals surface area contributed by atoms with E-state index in [1.165, 1.54) is 12.2 Å². The summed E-state index contributed by atoms with van der Waals surface area (Å²) in [6.07, 6.45) is -5.52. The van der Waals surface area contributed by atoms with E-state index in [1.54, 1.807) is 0 Å². The lowest BCUT2D eigenvalue weighted by Crippen LogP contribution is -2.73. The van der Waals surface area contributed by atoms with Gasteiger partial charge in [-0.05, 0) is 12.5 Å². The lowest BCUT2D eigenvalue weighted by molar-refractivity contribution is -0.385. The zero-order valence-electron chi connectivity index (χ0n) is 13.6. The van der Waals surface area contributed by atoms with Crippen molar-refractivity contribution in [2.75, 3.05) is 6.61 Å². The summed E-state index contributed by atoms with van der Waals surface area (Å²) in [5.41, 5.74) is -5.40. The average molecular weight is 392 g/mol. The second kappa shape index (κ2) is 6.90. The van der Waals surface area contributed by atoms with Crippen molar-refractivity contribution in [1.82, 2.24) is 10.6 Å². The van der Waals surface area contributed by atoms with E-state index < -0.39 is 57.8 Å². The summed E-state index contributed by atoms with van der Waals surface area (Å²) >= 11 is 0. The molecule has 2 amide bonds. The van der Waals surface area contributed by atoms with Gasteiger partial charge in [-0.2, -0.15) is 13.2 Å². The quantitative estimate of drug-likeness (QED) is 0.382. The molecule has 1 aliphatic rings. The molecule has 3 atom stereocenters. The van der Waals surface area contributed by atoms with Gasteiger partial charge in [0.15, 0.2) is 0 Å². The van der Waals surface area contributed by atoms with Gasteiger partial charge >= 0.3 is 18.2 Å². The third-order valence-electron chi connectivity index (χ3n) is 3.89. The Kier molecular flexibility index (Phi) is 5.17. The van der Waals surface area contributed by atoms with Crippen LogP contribution in [0.3, 0.4) is 0 Å². The van der Waals surface area contributed by atoms with E-state index in [1.807, 2.05) is 5.32 Å². The Morgan fingerprint density at radius 2 is 2.07 bits per heavy atom. The number of carbonyl (C=O) groups is 2. The number of alkyl halides is 3. The molecule has 0 bridgehead atoms. The first-order chi connectivity index (χ1) is 12.4. The monoisotopic (exact) mass is 392 g/mol. The van der Waals surface area contributed by atoms with Crippen molar-refractivity contribution in [3.05, 3.63) is 33.9 Å². The highest BCUT2D eigenvalue weighted by Gasteiger charge is 2.67. The molecule has 0 radical (unpaired) electrons. The molecule has 10 nitrogen and oxygen atoms in total. The van der Waals surface area contributed by atoms with Crippen LogP contribution in [0.1, 0.15) is 18.5 Å². The van der Waals surface area contributed by atoms with Crippen LogP contribution in [0.2, 0.25) is 0 Å². The number of urea groups is 1. The van der Waals surface area contributed by atoms with Gasteiger partial charge in [-0.3, -0.25) is 14.9 Å². The fourth-order valence-electron chi connectivity index (χ4n) is 2.69. The molecule has 13 heteroatoms. The smallest absolute Gasteiger partial charge is 0.437 e. The third-order valence-corrected chi connectivity index (χ3v) is 3.89. The van der Waals surface area contributed by atoms with Gasteiger partial charge in [0.2, 0.25) is 0 Å². The Bertz CT molecular complexity index is 786. The van der Waals surface area contributed by atoms with E-state index >= 15 is 0 Å². The maximum absolute atomic E-state index is 13.5. The molecule has 27 heavy (non-hydrogen) atoms. The third kappa shape index (κ3) is 3.58. The van der Waals surface area contributed by atoms with Gasteiger partial charge < -0.3 is 25.6 Å². The van der Waals surface area contributed by atoms with Crippen LogP contribution in [0.5, 0.6) is 5.75 Å². The molecule has 1 aromatic rings. The van der Waals surface area contributed by atoms with Crippen molar-refractivity contribution in [3.8, 4) is 5.75 Å². The number of nitro groups is 1. The number of nitrogens with zero attached hydrogens (tertiary/aromatic N) is 1. The van der Waals surface area contributed by atoms with E-state index in [0.717, 1.165) is 6.07 Å². The topological polar surface area (TPSA) is 154 Å². The normalized spacial score (nSPS) is 25.3. The number of carbonyl (C=O) groups excluding carboxylic acids is 2. The standard InChI is InChI=1S/C14H14F3N3O7/c1-2-27-11(22)9-10(7-5-6(20(25)26)3-4-8(7)21)18-12(23)19-13(9,24)14(15,16)17/h3-5,9-10,21,24H,2H2,1H3,(H2,18,19,23)/p-1/t9-,10-,13+/m0/s1. The largest absolute Gasteiger partial charge is 0.872 e. The number of rotatable bonds is 4. The minimum Gasteiger partial charge on any atom is -0.872 e. The van der Waals surface area contributed by atoms with Crippen molar-refractivity contribution in [1.29, 1.82) is 0 Å². The first-order valence-electron chi connectivity index (χ1n) is 7.42. The molecular weight excluding hydrogens is 379 g/mol. The average Bonchev–Trinajstić information content (AvgIpc) is 2.53. The number of nitrogens with one attached hydrogen (secondary N) is 2. The zero-order valence-corrected chi connectivity index (χ0v) is 13.6. The predicted octanol–water partition coefficient (Wildman–Crippen LogP) is 0.452. The Morgan fingerprint density at radius 3 is 2.59 bits per heavy atom. The molecule has 1 aromatic carbocycles. The number of ether oxygens (including phenoxy) is 1. The summed E-state index contributed by atoms with van der Waals surface area (Å²) in [4.78, 5) is 33.8. The summed E-state index contributed by atoms with van der Waals surface area (Å²) < 4.78 is 44.9.